The highest BCUT2D eigenvalue weighted by molar-refractivity contribution is 6.09. The molecule has 0 radical (unpaired) electrons. The minimum atomic E-state index is -4.46. The van der Waals surface area contributed by atoms with E-state index in [2.05, 4.69) is 15.5 Å². The summed E-state index contributed by atoms with van der Waals surface area (Å²) in [4.78, 5) is 12.4. The second kappa shape index (κ2) is 6.04. The van der Waals surface area contributed by atoms with Crippen LogP contribution in [0.3, 0.4) is 0 Å². The largest absolute Gasteiger partial charge is 0.416 e. The zero-order valence-corrected chi connectivity index (χ0v) is 11.7. The fourth-order valence-corrected chi connectivity index (χ4v) is 1.91. The van der Waals surface area contributed by atoms with Gasteiger partial charge in [0.1, 0.15) is 0 Å². The normalized spacial score (nSPS) is 15.2. The summed E-state index contributed by atoms with van der Waals surface area (Å²) in [7, 11) is 0. The standard InChI is InChI=1S/C13H14F3N5O/c1-2-9-7-21(12(20-19-9)18-11(17)22)10-5-3-4-8(6-10)13(14,15)16/h3-6H,2,7H2,1H3,(H3,17,18,20,22). The van der Waals surface area contributed by atoms with Crippen molar-refractivity contribution in [3.63, 3.8) is 0 Å². The Balaban J connectivity index is 2.38. The maximum atomic E-state index is 12.8. The summed E-state index contributed by atoms with van der Waals surface area (Å²) in [5.41, 5.74) is 5.17. The van der Waals surface area contributed by atoms with E-state index in [1.807, 2.05) is 6.92 Å². The quantitative estimate of drug-likeness (QED) is 0.878. The Hall–Kier alpha value is -2.58. The van der Waals surface area contributed by atoms with Crippen molar-refractivity contribution in [2.24, 2.45) is 15.9 Å². The van der Waals surface area contributed by atoms with E-state index in [0.29, 0.717) is 12.1 Å². The number of guanidine groups is 1. The van der Waals surface area contributed by atoms with Gasteiger partial charge in [0.15, 0.2) is 0 Å². The van der Waals surface area contributed by atoms with Gasteiger partial charge in [-0.1, -0.05) is 13.0 Å². The number of nitrogens with zero attached hydrogens (tertiary/aromatic N) is 3. The molecule has 0 bridgehead atoms. The fourth-order valence-electron chi connectivity index (χ4n) is 1.91. The van der Waals surface area contributed by atoms with Gasteiger partial charge in [-0.2, -0.15) is 18.3 Å². The molecular formula is C13H14F3N5O. The summed E-state index contributed by atoms with van der Waals surface area (Å²) in [5, 5.41) is 9.97. The first-order chi connectivity index (χ1) is 10.3. The monoisotopic (exact) mass is 313 g/mol. The minimum Gasteiger partial charge on any atom is -0.351 e. The van der Waals surface area contributed by atoms with Crippen LogP contribution in [0.5, 0.6) is 0 Å². The van der Waals surface area contributed by atoms with Gasteiger partial charge in [0.2, 0.25) is 5.96 Å². The summed E-state index contributed by atoms with van der Waals surface area (Å²) >= 11 is 0. The molecule has 1 aliphatic rings. The smallest absolute Gasteiger partial charge is 0.351 e. The van der Waals surface area contributed by atoms with Crippen molar-refractivity contribution in [1.82, 2.24) is 5.32 Å². The Kier molecular flexibility index (Phi) is 4.34. The first kappa shape index (κ1) is 15.8. The number of benzene rings is 1. The van der Waals surface area contributed by atoms with Crippen LogP contribution in [0.4, 0.5) is 23.7 Å². The number of carbonyl (C=O) groups excluding carboxylic acids is 1. The Labute approximate surface area is 124 Å². The van der Waals surface area contributed by atoms with Gasteiger partial charge in [0, 0.05) is 5.69 Å². The highest BCUT2D eigenvalue weighted by Crippen LogP contribution is 2.31. The van der Waals surface area contributed by atoms with Crippen molar-refractivity contribution in [3.05, 3.63) is 29.8 Å². The Bertz CT molecular complexity index is 639. The summed E-state index contributed by atoms with van der Waals surface area (Å²) in [6.45, 7) is 2.07. The van der Waals surface area contributed by atoms with Crippen LogP contribution in [0.15, 0.2) is 34.5 Å². The zero-order chi connectivity index (χ0) is 16.3. The lowest BCUT2D eigenvalue weighted by atomic mass is 10.1. The molecule has 0 unspecified atom stereocenters. The summed E-state index contributed by atoms with van der Waals surface area (Å²) in [5.74, 6) is -0.0102. The predicted octanol–water partition coefficient (Wildman–Crippen LogP) is 2.32. The van der Waals surface area contributed by atoms with Gasteiger partial charge in [-0.3, -0.25) is 5.32 Å². The van der Waals surface area contributed by atoms with Crippen LogP contribution >= 0.6 is 0 Å². The van der Waals surface area contributed by atoms with E-state index in [4.69, 9.17) is 5.73 Å². The SMILES string of the molecule is CCC1=NN=C(NC(N)=O)N(c2cccc(C(F)(F)F)c2)C1. The number of nitrogens with two attached hydrogens (primary N) is 1. The van der Waals surface area contributed by atoms with Gasteiger partial charge in [-0.25, -0.2) is 4.79 Å². The first-order valence-electron chi connectivity index (χ1n) is 6.46. The average molecular weight is 313 g/mol. The molecule has 1 aromatic carbocycles. The van der Waals surface area contributed by atoms with Crippen molar-refractivity contribution in [3.8, 4) is 0 Å². The fraction of sp³-hybridized carbons (Fsp3) is 0.308. The second-order valence-electron chi connectivity index (χ2n) is 4.57. The molecule has 0 aliphatic carbocycles. The molecule has 1 aromatic rings. The molecule has 0 saturated heterocycles. The van der Waals surface area contributed by atoms with Crippen LogP contribution in [-0.2, 0) is 6.18 Å². The maximum Gasteiger partial charge on any atom is 0.416 e. The lowest BCUT2D eigenvalue weighted by Gasteiger charge is -2.28. The molecule has 1 heterocycles. The molecule has 118 valence electrons. The molecule has 2 amide bonds. The average Bonchev–Trinajstić information content (AvgIpc) is 2.46. The Morgan fingerprint density at radius 3 is 2.73 bits per heavy atom. The molecule has 6 nitrogen and oxygen atoms in total. The van der Waals surface area contributed by atoms with Crippen molar-refractivity contribution >= 4 is 23.4 Å². The van der Waals surface area contributed by atoms with Gasteiger partial charge in [0.25, 0.3) is 0 Å². The number of anilines is 1. The first-order valence-corrected chi connectivity index (χ1v) is 6.46. The molecule has 3 N–H and O–H groups in total. The van der Waals surface area contributed by atoms with Crippen LogP contribution in [0, 0.1) is 0 Å². The van der Waals surface area contributed by atoms with Gasteiger partial charge < -0.3 is 10.6 Å². The van der Waals surface area contributed by atoms with Crippen LogP contribution in [-0.4, -0.2) is 24.2 Å². The maximum absolute atomic E-state index is 12.8. The summed E-state index contributed by atoms with van der Waals surface area (Å²) in [6.07, 6.45) is -3.87. The minimum absolute atomic E-state index is 0.0102. The molecule has 0 spiro atoms. The van der Waals surface area contributed by atoms with Crippen molar-refractivity contribution in [2.75, 3.05) is 11.4 Å². The molecule has 0 atom stereocenters. The van der Waals surface area contributed by atoms with Gasteiger partial charge in [-0.15, -0.1) is 5.10 Å². The van der Waals surface area contributed by atoms with E-state index in [-0.39, 0.29) is 18.2 Å². The van der Waals surface area contributed by atoms with Gasteiger partial charge in [0.05, 0.1) is 17.8 Å². The number of nitrogens with one attached hydrogen (secondary N) is 1. The van der Waals surface area contributed by atoms with Crippen LogP contribution in [0.25, 0.3) is 0 Å². The highest BCUT2D eigenvalue weighted by Gasteiger charge is 2.31. The lowest BCUT2D eigenvalue weighted by Crippen LogP contribution is -2.49. The number of alkyl halides is 3. The van der Waals surface area contributed by atoms with E-state index in [1.165, 1.54) is 17.0 Å². The van der Waals surface area contributed by atoms with Crippen LogP contribution in [0.1, 0.15) is 18.9 Å². The van der Waals surface area contributed by atoms with E-state index in [9.17, 15) is 18.0 Å². The van der Waals surface area contributed by atoms with E-state index in [1.54, 1.807) is 0 Å². The van der Waals surface area contributed by atoms with Crippen LogP contribution < -0.4 is 16.0 Å². The molecule has 0 saturated carbocycles. The molecule has 0 fully saturated rings. The number of halogens is 3. The number of carbonyl (C=O) groups is 1. The third kappa shape index (κ3) is 3.54. The van der Waals surface area contributed by atoms with Crippen molar-refractivity contribution < 1.29 is 18.0 Å². The number of rotatable bonds is 2. The molecule has 0 aromatic heterocycles. The Morgan fingerprint density at radius 2 is 2.14 bits per heavy atom. The molecule has 9 heteroatoms. The van der Waals surface area contributed by atoms with Gasteiger partial charge >= 0.3 is 12.2 Å². The van der Waals surface area contributed by atoms with Crippen molar-refractivity contribution in [2.45, 2.75) is 19.5 Å². The zero-order valence-electron chi connectivity index (χ0n) is 11.7. The number of primary amides is 1. The second-order valence-corrected chi connectivity index (χ2v) is 4.57. The topological polar surface area (TPSA) is 83.1 Å². The van der Waals surface area contributed by atoms with Crippen LogP contribution in [0.2, 0.25) is 0 Å². The number of hydrogen-bond donors (Lipinski definition) is 2. The Morgan fingerprint density at radius 1 is 1.41 bits per heavy atom. The number of urea groups is 1. The predicted molar refractivity (Wildman–Crippen MR) is 76.7 cm³/mol. The third-order valence-electron chi connectivity index (χ3n) is 3.01. The molecular weight excluding hydrogens is 299 g/mol. The number of hydrogen-bond acceptors (Lipinski definition) is 4. The lowest BCUT2D eigenvalue weighted by molar-refractivity contribution is -0.137. The van der Waals surface area contributed by atoms with E-state index >= 15 is 0 Å². The van der Waals surface area contributed by atoms with E-state index in [0.717, 1.165) is 12.1 Å². The summed E-state index contributed by atoms with van der Waals surface area (Å²) < 4.78 is 38.5. The molecule has 2 rings (SSSR count). The molecule has 1 aliphatic heterocycles. The summed E-state index contributed by atoms with van der Waals surface area (Å²) in [6, 6.07) is 3.87. The van der Waals surface area contributed by atoms with E-state index < -0.39 is 17.8 Å². The van der Waals surface area contributed by atoms with Gasteiger partial charge in [-0.05, 0) is 24.6 Å². The molecule has 22 heavy (non-hydrogen) atoms. The third-order valence-corrected chi connectivity index (χ3v) is 3.01. The number of amides is 2. The highest BCUT2D eigenvalue weighted by atomic mass is 19.4. The van der Waals surface area contributed by atoms with Crippen molar-refractivity contribution in [1.29, 1.82) is 0 Å².